The first-order chi connectivity index (χ1) is 42.7. The normalized spacial score (nSPS) is 12.4. The fourth-order valence-electron chi connectivity index (χ4n) is 9.82. The maximum absolute atomic E-state index is 13.8. The zero-order chi connectivity index (χ0) is 61.1. The van der Waals surface area contributed by atoms with Crippen LogP contribution in [0.15, 0.2) is 253 Å². The number of nitrogens with zero attached hydrogens (tertiary/aromatic N) is 4. The Morgan fingerprint density at radius 1 is 0.352 bits per heavy atom. The van der Waals surface area contributed by atoms with Gasteiger partial charge < -0.3 is 18.9 Å². The molecule has 1 aliphatic heterocycles. The Morgan fingerprint density at radius 2 is 0.648 bits per heavy atom. The number of carbonyl (C=O) groups is 4. The quantitative estimate of drug-likeness (QED) is 0.0722. The Morgan fingerprint density at radius 3 is 0.977 bits per heavy atom. The van der Waals surface area contributed by atoms with Gasteiger partial charge in [-0.1, -0.05) is 191 Å². The molecule has 0 saturated carbocycles. The molecule has 0 saturated heterocycles. The Labute approximate surface area is 533 Å². The van der Waals surface area contributed by atoms with Gasteiger partial charge in [0.1, 0.15) is 28.8 Å². The molecule has 0 atom stereocenters. The van der Waals surface area contributed by atoms with Crippen LogP contribution in [0.5, 0.6) is 23.0 Å². The van der Waals surface area contributed by atoms with Gasteiger partial charge in [-0.2, -0.15) is 0 Å². The average Bonchev–Trinajstić information content (AvgIpc) is 2.17. The lowest BCUT2D eigenvalue weighted by Gasteiger charge is -2.31. The van der Waals surface area contributed by atoms with Crippen LogP contribution >= 0.6 is 69.6 Å². The molecule has 430 valence electrons. The molecule has 18 heteroatoms. The van der Waals surface area contributed by atoms with Crippen LogP contribution in [-0.2, 0) is 5.79 Å². The van der Waals surface area contributed by atoms with E-state index in [2.05, 4.69) is 0 Å². The Balaban J connectivity index is 1.13. The first-order valence-corrected chi connectivity index (χ1v) is 29.1. The molecule has 0 radical (unpaired) electrons. The molecule has 11 aromatic rings. The van der Waals surface area contributed by atoms with Crippen molar-refractivity contribution in [2.24, 2.45) is 9.98 Å². The number of benzene rings is 10. The number of hydrogen-bond donors (Lipinski definition) is 0. The minimum atomic E-state index is -2.22. The summed E-state index contributed by atoms with van der Waals surface area (Å²) in [4.78, 5) is 71.7. The number of hydrogen-bond acceptors (Lipinski definition) is 11. The van der Waals surface area contributed by atoms with Gasteiger partial charge in [0.15, 0.2) is 0 Å². The summed E-state index contributed by atoms with van der Waals surface area (Å²) in [5, 5.41) is 0.515. The third kappa shape index (κ3) is 12.2. The van der Waals surface area contributed by atoms with Crippen LogP contribution in [0.4, 0.5) is 0 Å². The zero-order valence-corrected chi connectivity index (χ0v) is 50.0. The number of aliphatic imine (C=N–C) groups is 2. The molecule has 2 heterocycles. The molecule has 0 bridgehead atoms. The highest BCUT2D eigenvalue weighted by atomic mass is 35.5. The van der Waals surface area contributed by atoms with E-state index in [1.807, 2.05) is 18.2 Å². The highest BCUT2D eigenvalue weighted by Crippen LogP contribution is 2.52. The maximum atomic E-state index is 13.8. The second-order valence-corrected chi connectivity index (χ2v) is 22.1. The molecular weight excluding hydrogens is 1240 g/mol. The number of aromatic nitrogens is 2. The van der Waals surface area contributed by atoms with Crippen LogP contribution in [0.25, 0.3) is 33.9 Å². The van der Waals surface area contributed by atoms with E-state index in [4.69, 9.17) is 104 Å². The van der Waals surface area contributed by atoms with Crippen molar-refractivity contribution in [3.63, 3.8) is 0 Å². The van der Waals surface area contributed by atoms with Gasteiger partial charge in [0.05, 0.1) is 76.3 Å². The van der Waals surface area contributed by atoms with E-state index in [0.717, 1.165) is 0 Å². The number of imidazole rings is 1. The van der Waals surface area contributed by atoms with Crippen LogP contribution in [0.2, 0.25) is 30.1 Å². The Bertz CT molecular complexity index is 4390. The molecule has 0 aliphatic carbocycles. The third-order valence-electron chi connectivity index (χ3n) is 13.9. The highest BCUT2D eigenvalue weighted by Gasteiger charge is 2.48. The molecule has 0 unspecified atom stereocenters. The van der Waals surface area contributed by atoms with Gasteiger partial charge in [0.25, 0.3) is 5.79 Å². The standard InChI is InChI=1S/C70H40Cl6N4O8/c71-49-37-55(73)59(56(74)38-49)65-77-63(43-25-33-47(34-26-43)68(83)87-53-17-9-3-10-18-53)64(44-27-35-48(36-28-44)69(84)88-54-19-11-4-12-20-54)80(65)70(60-57(75)39-50(72)40-58(60)76)78-61(41-21-29-45(30-22-41)66(81)85-51-13-5-1-6-14-51)62(79-70)42-23-31-46(32-24-42)67(82)86-52-15-7-2-8-16-52/h1-40H. The smallest absolute Gasteiger partial charge is 0.343 e. The lowest BCUT2D eigenvalue weighted by atomic mass is 9.98. The van der Waals surface area contributed by atoms with Gasteiger partial charge in [-0.25, -0.2) is 34.1 Å². The predicted octanol–water partition coefficient (Wildman–Crippen LogP) is 18.3. The summed E-state index contributed by atoms with van der Waals surface area (Å²) in [6, 6.07) is 66.9. The number of halogens is 6. The molecule has 1 aliphatic rings. The number of rotatable bonds is 15. The topological polar surface area (TPSA) is 148 Å². The monoisotopic (exact) mass is 1270 g/mol. The van der Waals surface area contributed by atoms with Crippen LogP contribution in [0.3, 0.4) is 0 Å². The number of esters is 4. The second kappa shape index (κ2) is 25.4. The van der Waals surface area contributed by atoms with E-state index in [9.17, 15) is 19.2 Å². The minimum absolute atomic E-state index is 0.00403. The lowest BCUT2D eigenvalue weighted by Crippen LogP contribution is -2.32. The van der Waals surface area contributed by atoms with Crippen LogP contribution in [0.1, 0.15) is 58.1 Å². The van der Waals surface area contributed by atoms with Crippen LogP contribution < -0.4 is 18.9 Å². The molecule has 0 amide bonds. The number of ether oxygens (including phenoxy) is 4. The third-order valence-corrected chi connectivity index (χ3v) is 15.5. The van der Waals surface area contributed by atoms with E-state index in [1.165, 1.54) is 24.3 Å². The summed E-state index contributed by atoms with van der Waals surface area (Å²) in [5.74, 6) is -3.30. The first-order valence-electron chi connectivity index (χ1n) is 26.8. The van der Waals surface area contributed by atoms with Crippen molar-refractivity contribution >= 4 is 105 Å². The van der Waals surface area contributed by atoms with Crippen molar-refractivity contribution in [1.29, 1.82) is 0 Å². The van der Waals surface area contributed by atoms with Gasteiger partial charge in [-0.3, -0.25) is 4.57 Å². The lowest BCUT2D eigenvalue weighted by molar-refractivity contribution is 0.0725. The van der Waals surface area contributed by atoms with Crippen molar-refractivity contribution in [2.45, 2.75) is 5.79 Å². The SMILES string of the molecule is O=C(Oc1ccccc1)c1ccc(C2=NC(c3c(Cl)cc(Cl)cc3Cl)(n3c(-c4c(Cl)cc(Cl)cc4Cl)nc(-c4ccc(C(=O)Oc5ccccc5)cc4)c3-c3ccc(C(=O)Oc4ccccc4)cc3)N=C2c2ccc(C(=O)Oc3ccccc3)cc2)cc1. The van der Waals surface area contributed by atoms with Crippen LogP contribution in [0, 0.1) is 0 Å². The van der Waals surface area contributed by atoms with E-state index in [1.54, 1.807) is 205 Å². The Kier molecular flexibility index (Phi) is 16.9. The van der Waals surface area contributed by atoms with Crippen molar-refractivity contribution in [3.05, 3.63) is 312 Å². The summed E-state index contributed by atoms with van der Waals surface area (Å²) in [5.41, 5.74) is 3.82. The van der Waals surface area contributed by atoms with E-state index >= 15 is 0 Å². The molecule has 88 heavy (non-hydrogen) atoms. The van der Waals surface area contributed by atoms with Gasteiger partial charge >= 0.3 is 23.9 Å². The van der Waals surface area contributed by atoms with Crippen molar-refractivity contribution in [1.82, 2.24) is 9.55 Å². The number of para-hydroxylation sites is 4. The van der Waals surface area contributed by atoms with Crippen molar-refractivity contribution in [2.75, 3.05) is 0 Å². The molecule has 1 aromatic heterocycles. The number of carbonyl (C=O) groups excluding carboxylic acids is 4. The average molecular weight is 1280 g/mol. The summed E-state index contributed by atoms with van der Waals surface area (Å²) >= 11 is 43.1. The van der Waals surface area contributed by atoms with E-state index in [-0.39, 0.29) is 92.2 Å². The van der Waals surface area contributed by atoms with Crippen molar-refractivity contribution < 1.29 is 38.1 Å². The summed E-state index contributed by atoms with van der Waals surface area (Å²) in [7, 11) is 0. The highest BCUT2D eigenvalue weighted by molar-refractivity contribution is 6.55. The summed E-state index contributed by atoms with van der Waals surface area (Å²) in [6.07, 6.45) is 0. The fraction of sp³-hybridized carbons (Fsp3) is 0.0143. The largest absolute Gasteiger partial charge is 0.423 e. The van der Waals surface area contributed by atoms with Crippen molar-refractivity contribution in [3.8, 4) is 56.9 Å². The van der Waals surface area contributed by atoms with Gasteiger partial charge in [-0.05, 0) is 121 Å². The fourth-order valence-corrected chi connectivity index (χ4v) is 11.9. The van der Waals surface area contributed by atoms with E-state index < -0.39 is 29.7 Å². The second-order valence-electron chi connectivity index (χ2n) is 19.6. The molecule has 0 N–H and O–H groups in total. The predicted molar refractivity (Wildman–Crippen MR) is 344 cm³/mol. The molecule has 12 nitrogen and oxygen atoms in total. The van der Waals surface area contributed by atoms with Crippen LogP contribution in [-0.4, -0.2) is 44.9 Å². The zero-order valence-electron chi connectivity index (χ0n) is 45.4. The first kappa shape index (κ1) is 58.7. The molecule has 12 rings (SSSR count). The minimum Gasteiger partial charge on any atom is -0.423 e. The van der Waals surface area contributed by atoms with E-state index in [0.29, 0.717) is 45.3 Å². The molecule has 10 aromatic carbocycles. The Hall–Kier alpha value is -9.63. The summed E-state index contributed by atoms with van der Waals surface area (Å²) < 4.78 is 24.6. The molecule has 0 spiro atoms. The molecule has 0 fully saturated rings. The maximum Gasteiger partial charge on any atom is 0.343 e. The van der Waals surface area contributed by atoms with Gasteiger partial charge in [0, 0.05) is 32.3 Å². The molecular formula is C70H40Cl6N4O8. The summed E-state index contributed by atoms with van der Waals surface area (Å²) in [6.45, 7) is 0. The van der Waals surface area contributed by atoms with Gasteiger partial charge in [0.2, 0.25) is 0 Å². The van der Waals surface area contributed by atoms with Gasteiger partial charge in [-0.15, -0.1) is 0 Å².